The van der Waals surface area contributed by atoms with Crippen LogP contribution in [0.1, 0.15) is 24.2 Å². The van der Waals surface area contributed by atoms with Gasteiger partial charge in [0.15, 0.2) is 0 Å². The third kappa shape index (κ3) is 2.08. The quantitative estimate of drug-likeness (QED) is 0.665. The summed E-state index contributed by atoms with van der Waals surface area (Å²) >= 11 is 0. The van der Waals surface area contributed by atoms with Gasteiger partial charge in [0.2, 0.25) is 5.66 Å². The fourth-order valence-corrected chi connectivity index (χ4v) is 5.40. The normalized spacial score (nSPS) is 27.6. The second-order valence-electron chi connectivity index (χ2n) is 7.97. The number of nitrogens with one attached hydrogen (secondary N) is 1. The van der Waals surface area contributed by atoms with Crippen molar-refractivity contribution in [3.8, 4) is 0 Å². The first-order valence-electron chi connectivity index (χ1n) is 10.6. The van der Waals surface area contributed by atoms with E-state index in [0.29, 0.717) is 23.5 Å². The summed E-state index contributed by atoms with van der Waals surface area (Å²) < 4.78 is 12.4. The molecule has 3 aromatic carbocycles. The zero-order chi connectivity index (χ0) is 21.9. The third-order valence-corrected chi connectivity index (χ3v) is 6.45. The second-order valence-corrected chi connectivity index (χ2v) is 7.97. The lowest BCUT2D eigenvalue weighted by atomic mass is 9.84. The average Bonchev–Trinajstić information content (AvgIpc) is 3.35. The number of benzene rings is 3. The van der Waals surface area contributed by atoms with Crippen LogP contribution in [0.3, 0.4) is 0 Å². The Morgan fingerprint density at radius 2 is 1.56 bits per heavy atom. The molecule has 0 aliphatic carbocycles. The average molecular weight is 427 g/mol. The fraction of sp³-hybridized carbons (Fsp3) is 0.200. The van der Waals surface area contributed by atoms with Gasteiger partial charge in [-0.3, -0.25) is 10.2 Å². The highest BCUT2D eigenvalue weighted by Crippen LogP contribution is 2.64. The standard InChI is InChI=1S/C25H21N3O4/c1-2-31-21-19-15-9-10-16-20(19)28-23(30)27(18-13-7-4-8-14-18)25(17-11-5-3-6-12-17)24(21,28)26-22(29)32-25/h3-16,21H,2H2,1H3,(H,26,29)/t21-,24-,25-/m1/s1. The number of ether oxygens (including phenoxy) is 2. The van der Waals surface area contributed by atoms with Crippen molar-refractivity contribution < 1.29 is 19.1 Å². The van der Waals surface area contributed by atoms with Gasteiger partial charge in [0.1, 0.15) is 6.10 Å². The molecule has 0 bridgehead atoms. The highest BCUT2D eigenvalue weighted by Gasteiger charge is 2.81. The first-order chi connectivity index (χ1) is 15.6. The van der Waals surface area contributed by atoms with Gasteiger partial charge in [0, 0.05) is 23.4 Å². The molecule has 3 atom stereocenters. The maximum Gasteiger partial charge on any atom is 0.411 e. The molecular formula is C25H21N3O4. The van der Waals surface area contributed by atoms with Gasteiger partial charge in [-0.25, -0.2) is 14.5 Å². The number of nitrogens with zero attached hydrogens (tertiary/aromatic N) is 2. The molecule has 3 heterocycles. The highest BCUT2D eigenvalue weighted by molar-refractivity contribution is 6.13. The number of urea groups is 1. The fourth-order valence-electron chi connectivity index (χ4n) is 5.40. The van der Waals surface area contributed by atoms with Crippen LogP contribution in [0.15, 0.2) is 84.9 Å². The lowest BCUT2D eigenvalue weighted by Gasteiger charge is -2.42. The second kappa shape index (κ2) is 6.58. The van der Waals surface area contributed by atoms with E-state index >= 15 is 0 Å². The van der Waals surface area contributed by atoms with Crippen molar-refractivity contribution in [3.63, 3.8) is 0 Å². The van der Waals surface area contributed by atoms with Gasteiger partial charge >= 0.3 is 12.1 Å². The highest BCUT2D eigenvalue weighted by atomic mass is 16.6. The van der Waals surface area contributed by atoms with Crippen LogP contribution in [0.4, 0.5) is 21.0 Å². The van der Waals surface area contributed by atoms with Gasteiger partial charge in [0.05, 0.1) is 5.69 Å². The van der Waals surface area contributed by atoms with Gasteiger partial charge in [-0.1, -0.05) is 66.7 Å². The van der Waals surface area contributed by atoms with Crippen molar-refractivity contribution in [1.29, 1.82) is 0 Å². The summed E-state index contributed by atoms with van der Waals surface area (Å²) in [4.78, 5) is 30.4. The summed E-state index contributed by atoms with van der Waals surface area (Å²) in [6.07, 6.45) is -1.24. The van der Waals surface area contributed by atoms with Crippen molar-refractivity contribution in [2.45, 2.75) is 24.4 Å². The van der Waals surface area contributed by atoms with Gasteiger partial charge in [0.25, 0.3) is 5.72 Å². The van der Waals surface area contributed by atoms with Crippen molar-refractivity contribution >= 4 is 23.5 Å². The number of anilines is 2. The van der Waals surface area contributed by atoms with E-state index in [2.05, 4.69) is 5.32 Å². The smallest absolute Gasteiger partial charge is 0.411 e. The summed E-state index contributed by atoms with van der Waals surface area (Å²) in [6.45, 7) is 2.30. The zero-order valence-corrected chi connectivity index (χ0v) is 17.4. The molecule has 0 unspecified atom stereocenters. The maximum atomic E-state index is 14.2. The van der Waals surface area contributed by atoms with Crippen molar-refractivity contribution in [2.75, 3.05) is 16.4 Å². The third-order valence-electron chi connectivity index (χ3n) is 6.45. The first-order valence-corrected chi connectivity index (χ1v) is 10.6. The van der Waals surface area contributed by atoms with Crippen LogP contribution in [-0.2, 0) is 15.2 Å². The van der Waals surface area contributed by atoms with Crippen molar-refractivity contribution in [3.05, 3.63) is 96.1 Å². The van der Waals surface area contributed by atoms with Crippen LogP contribution in [0.5, 0.6) is 0 Å². The van der Waals surface area contributed by atoms with Gasteiger partial charge in [-0.05, 0) is 25.1 Å². The summed E-state index contributed by atoms with van der Waals surface area (Å²) in [5.41, 5.74) is 0.0256. The minimum Gasteiger partial charge on any atom is -0.413 e. The van der Waals surface area contributed by atoms with E-state index in [9.17, 15) is 9.59 Å². The topological polar surface area (TPSA) is 71.1 Å². The molecule has 3 aliphatic rings. The first kappa shape index (κ1) is 18.9. The Bertz CT molecular complexity index is 1220. The Hall–Kier alpha value is -3.84. The number of alkyl carbamates (subject to hydrolysis) is 1. The molecule has 0 radical (unpaired) electrons. The Balaban J connectivity index is 1.72. The summed E-state index contributed by atoms with van der Waals surface area (Å²) in [6, 6.07) is 26.0. The summed E-state index contributed by atoms with van der Waals surface area (Å²) in [5, 5.41) is 3.02. The number of rotatable bonds is 4. The molecule has 32 heavy (non-hydrogen) atoms. The lowest BCUT2D eigenvalue weighted by Crippen LogP contribution is -2.64. The Kier molecular flexibility index (Phi) is 3.88. The molecule has 2 fully saturated rings. The molecule has 6 rings (SSSR count). The molecular weight excluding hydrogens is 406 g/mol. The number of fused-ring (bicyclic) bond motifs is 2. The number of para-hydroxylation sites is 2. The molecule has 1 N–H and O–H groups in total. The van der Waals surface area contributed by atoms with Crippen molar-refractivity contribution in [1.82, 2.24) is 5.32 Å². The molecule has 3 aliphatic heterocycles. The maximum absolute atomic E-state index is 14.2. The number of carbonyl (C=O) groups is 2. The van der Waals surface area contributed by atoms with Crippen LogP contribution >= 0.6 is 0 Å². The molecule has 2 saturated heterocycles. The van der Waals surface area contributed by atoms with Gasteiger partial charge in [-0.2, -0.15) is 0 Å². The predicted molar refractivity (Wildman–Crippen MR) is 118 cm³/mol. The van der Waals surface area contributed by atoms with E-state index in [1.807, 2.05) is 91.9 Å². The van der Waals surface area contributed by atoms with Crippen molar-refractivity contribution in [2.24, 2.45) is 0 Å². The zero-order valence-electron chi connectivity index (χ0n) is 17.4. The van der Waals surface area contributed by atoms with E-state index in [4.69, 9.17) is 9.47 Å². The SMILES string of the molecule is CCO[C@@H]1c2ccccc2N2C(=O)N(c3ccccc3)[C@]3(c4ccccc4)OC(=O)N[C@]123. The number of amides is 3. The molecule has 7 heteroatoms. The van der Waals surface area contributed by atoms with Crippen LogP contribution in [-0.4, -0.2) is 24.4 Å². The number of hydrogen-bond donors (Lipinski definition) is 1. The summed E-state index contributed by atoms with van der Waals surface area (Å²) in [7, 11) is 0. The summed E-state index contributed by atoms with van der Waals surface area (Å²) in [5.74, 6) is 0. The van der Waals surface area contributed by atoms with E-state index in [1.54, 1.807) is 9.80 Å². The van der Waals surface area contributed by atoms with Gasteiger partial charge < -0.3 is 9.47 Å². The molecule has 0 saturated carbocycles. The van der Waals surface area contributed by atoms with E-state index < -0.39 is 23.6 Å². The molecule has 7 nitrogen and oxygen atoms in total. The minimum absolute atomic E-state index is 0.297. The van der Waals surface area contributed by atoms with E-state index in [1.165, 1.54) is 0 Å². The number of carbonyl (C=O) groups excluding carboxylic acids is 2. The van der Waals surface area contributed by atoms with Crippen LogP contribution < -0.4 is 15.1 Å². The Morgan fingerprint density at radius 3 is 2.28 bits per heavy atom. The molecule has 160 valence electrons. The Morgan fingerprint density at radius 1 is 0.906 bits per heavy atom. The molecule has 3 aromatic rings. The molecule has 1 spiro atoms. The number of hydrogen-bond acceptors (Lipinski definition) is 4. The van der Waals surface area contributed by atoms with E-state index in [0.717, 1.165) is 5.56 Å². The largest absolute Gasteiger partial charge is 0.413 e. The van der Waals surface area contributed by atoms with E-state index in [-0.39, 0.29) is 6.03 Å². The lowest BCUT2D eigenvalue weighted by molar-refractivity contribution is -0.0647. The van der Waals surface area contributed by atoms with Crippen LogP contribution in [0.2, 0.25) is 0 Å². The van der Waals surface area contributed by atoms with Crippen LogP contribution in [0, 0.1) is 0 Å². The minimum atomic E-state index is -1.48. The monoisotopic (exact) mass is 427 g/mol. The van der Waals surface area contributed by atoms with Gasteiger partial charge in [-0.15, -0.1) is 0 Å². The molecule has 0 aromatic heterocycles. The van der Waals surface area contributed by atoms with Crippen LogP contribution in [0.25, 0.3) is 0 Å². The Labute approximate surface area is 185 Å². The molecule has 3 amide bonds. The predicted octanol–water partition coefficient (Wildman–Crippen LogP) is 4.51.